The number of hydrogen-bond donors (Lipinski definition) is 2. The summed E-state index contributed by atoms with van der Waals surface area (Å²) in [5, 5.41) is 3.74. The Morgan fingerprint density at radius 2 is 2.06 bits per heavy atom. The van der Waals surface area contributed by atoms with Crippen molar-refractivity contribution in [3.05, 3.63) is 57.8 Å². The fraction of sp³-hybridized carbons (Fsp3) is 0.0909. The van der Waals surface area contributed by atoms with Crippen molar-refractivity contribution in [1.82, 2.24) is 5.43 Å². The number of nitrogens with two attached hydrogens (primary N) is 1. The lowest BCUT2D eigenvalue weighted by Crippen LogP contribution is -2.29. The molecule has 0 spiro atoms. The lowest BCUT2D eigenvalue weighted by Gasteiger charge is -2.15. The third kappa shape index (κ3) is 2.11. The van der Waals surface area contributed by atoms with Crippen molar-refractivity contribution in [2.45, 2.75) is 6.04 Å². The Kier molecular flexibility index (Phi) is 3.28. The molecule has 1 unspecified atom stereocenters. The van der Waals surface area contributed by atoms with Crippen molar-refractivity contribution in [2.75, 3.05) is 0 Å². The topological polar surface area (TPSA) is 38.0 Å². The smallest absolute Gasteiger partial charge is 0.131 e. The van der Waals surface area contributed by atoms with E-state index in [0.717, 1.165) is 11.6 Å². The van der Waals surface area contributed by atoms with E-state index in [1.54, 1.807) is 0 Å². The predicted molar refractivity (Wildman–Crippen MR) is 59.8 cm³/mol. The molecule has 1 heterocycles. The molecule has 2 nitrogen and oxygen atoms in total. The maximum atomic E-state index is 13.5. The quantitative estimate of drug-likeness (QED) is 0.639. The Labute approximate surface area is 95.7 Å². The third-order valence-corrected chi connectivity index (χ3v) is 3.02. The van der Waals surface area contributed by atoms with Crippen LogP contribution < -0.4 is 11.3 Å². The van der Waals surface area contributed by atoms with Crippen LogP contribution in [0, 0.1) is 11.6 Å². The Balaban J connectivity index is 2.41. The fourth-order valence-electron chi connectivity index (χ4n) is 1.54. The van der Waals surface area contributed by atoms with Gasteiger partial charge in [-0.3, -0.25) is 5.84 Å². The normalized spacial score (nSPS) is 12.7. The van der Waals surface area contributed by atoms with Crippen LogP contribution in [0.2, 0.25) is 0 Å². The molecule has 84 valence electrons. The summed E-state index contributed by atoms with van der Waals surface area (Å²) in [5.74, 6) is 4.20. The average Bonchev–Trinajstić information content (AvgIpc) is 2.75. The fourth-order valence-corrected chi connectivity index (χ4v) is 2.23. The standard InChI is InChI=1S/C11H10F2N2S/c12-8-1-2-9(10(13)5-8)11(15-14)7-3-4-16-6-7/h1-6,11,15H,14H2. The summed E-state index contributed by atoms with van der Waals surface area (Å²) in [5.41, 5.74) is 3.72. The summed E-state index contributed by atoms with van der Waals surface area (Å²) in [4.78, 5) is 0. The van der Waals surface area contributed by atoms with Crippen molar-refractivity contribution in [3.63, 3.8) is 0 Å². The van der Waals surface area contributed by atoms with Crippen LogP contribution in [0.1, 0.15) is 17.2 Å². The molecule has 5 heteroatoms. The van der Waals surface area contributed by atoms with Crippen molar-refractivity contribution in [1.29, 1.82) is 0 Å². The van der Waals surface area contributed by atoms with E-state index in [-0.39, 0.29) is 0 Å². The van der Waals surface area contributed by atoms with Gasteiger partial charge in [0.05, 0.1) is 6.04 Å². The lowest BCUT2D eigenvalue weighted by molar-refractivity contribution is 0.542. The van der Waals surface area contributed by atoms with Crippen molar-refractivity contribution in [2.24, 2.45) is 5.84 Å². The van der Waals surface area contributed by atoms with Gasteiger partial charge >= 0.3 is 0 Å². The summed E-state index contributed by atoms with van der Waals surface area (Å²) in [6.45, 7) is 0. The molecule has 2 rings (SSSR count). The first-order valence-electron chi connectivity index (χ1n) is 4.65. The number of benzene rings is 1. The summed E-state index contributed by atoms with van der Waals surface area (Å²) in [6.07, 6.45) is 0. The molecule has 16 heavy (non-hydrogen) atoms. The highest BCUT2D eigenvalue weighted by molar-refractivity contribution is 7.08. The van der Waals surface area contributed by atoms with Crippen LogP contribution in [0.15, 0.2) is 35.0 Å². The summed E-state index contributed by atoms with van der Waals surface area (Å²) in [7, 11) is 0. The van der Waals surface area contributed by atoms with Crippen LogP contribution in [0.3, 0.4) is 0 Å². The van der Waals surface area contributed by atoms with Crippen LogP contribution in [-0.2, 0) is 0 Å². The van der Waals surface area contributed by atoms with Gasteiger partial charge < -0.3 is 0 Å². The Hall–Kier alpha value is -1.30. The Bertz CT molecular complexity index is 471. The highest BCUT2D eigenvalue weighted by Gasteiger charge is 2.17. The molecule has 2 aromatic rings. The number of nitrogens with one attached hydrogen (secondary N) is 1. The van der Waals surface area contributed by atoms with E-state index in [4.69, 9.17) is 5.84 Å². The molecule has 3 N–H and O–H groups in total. The van der Waals surface area contributed by atoms with E-state index < -0.39 is 17.7 Å². The monoisotopic (exact) mass is 240 g/mol. The van der Waals surface area contributed by atoms with E-state index in [1.165, 1.54) is 23.5 Å². The average molecular weight is 240 g/mol. The van der Waals surface area contributed by atoms with Gasteiger partial charge in [-0.05, 0) is 28.5 Å². The molecule has 0 radical (unpaired) electrons. The molecular formula is C11H10F2N2S. The molecule has 1 aromatic carbocycles. The maximum Gasteiger partial charge on any atom is 0.131 e. The van der Waals surface area contributed by atoms with E-state index in [1.807, 2.05) is 16.8 Å². The molecule has 0 amide bonds. The first kappa shape index (κ1) is 11.2. The minimum atomic E-state index is -0.603. The van der Waals surface area contributed by atoms with Gasteiger partial charge in [-0.1, -0.05) is 6.07 Å². The van der Waals surface area contributed by atoms with E-state index in [9.17, 15) is 8.78 Å². The number of hydrazine groups is 1. The number of rotatable bonds is 3. The molecule has 0 saturated heterocycles. The molecule has 1 atom stereocenters. The first-order chi connectivity index (χ1) is 7.72. The predicted octanol–water partition coefficient (Wildman–Crippen LogP) is 2.58. The highest BCUT2D eigenvalue weighted by atomic mass is 32.1. The van der Waals surface area contributed by atoms with Crippen LogP contribution in [0.5, 0.6) is 0 Å². The second-order valence-corrected chi connectivity index (χ2v) is 4.10. The van der Waals surface area contributed by atoms with Crippen LogP contribution in [0.4, 0.5) is 8.78 Å². The molecule has 0 bridgehead atoms. The largest absolute Gasteiger partial charge is 0.271 e. The Morgan fingerprint density at radius 3 is 2.62 bits per heavy atom. The molecule has 0 aliphatic heterocycles. The summed E-state index contributed by atoms with van der Waals surface area (Å²) >= 11 is 1.49. The summed E-state index contributed by atoms with van der Waals surface area (Å²) in [6, 6.07) is 4.86. The van der Waals surface area contributed by atoms with Gasteiger partial charge in [-0.2, -0.15) is 11.3 Å². The van der Waals surface area contributed by atoms with E-state index in [2.05, 4.69) is 5.43 Å². The second-order valence-electron chi connectivity index (χ2n) is 3.32. The Morgan fingerprint density at radius 1 is 1.25 bits per heavy atom. The van der Waals surface area contributed by atoms with Gasteiger partial charge in [-0.15, -0.1) is 0 Å². The maximum absolute atomic E-state index is 13.5. The second kappa shape index (κ2) is 4.69. The highest BCUT2D eigenvalue weighted by Crippen LogP contribution is 2.25. The van der Waals surface area contributed by atoms with Crippen molar-refractivity contribution in [3.8, 4) is 0 Å². The van der Waals surface area contributed by atoms with Gasteiger partial charge in [0.15, 0.2) is 0 Å². The third-order valence-electron chi connectivity index (χ3n) is 2.32. The zero-order valence-corrected chi connectivity index (χ0v) is 9.10. The van der Waals surface area contributed by atoms with Crippen LogP contribution >= 0.6 is 11.3 Å². The van der Waals surface area contributed by atoms with E-state index >= 15 is 0 Å². The summed E-state index contributed by atoms with van der Waals surface area (Å²) < 4.78 is 26.3. The van der Waals surface area contributed by atoms with Gasteiger partial charge in [0, 0.05) is 11.6 Å². The molecule has 0 aliphatic carbocycles. The van der Waals surface area contributed by atoms with Gasteiger partial charge in [0.25, 0.3) is 0 Å². The number of thiophene rings is 1. The van der Waals surface area contributed by atoms with Gasteiger partial charge in [0.1, 0.15) is 11.6 Å². The number of hydrogen-bond acceptors (Lipinski definition) is 3. The van der Waals surface area contributed by atoms with Gasteiger partial charge in [-0.25, -0.2) is 14.2 Å². The van der Waals surface area contributed by atoms with Crippen LogP contribution in [0.25, 0.3) is 0 Å². The van der Waals surface area contributed by atoms with Crippen molar-refractivity contribution < 1.29 is 8.78 Å². The van der Waals surface area contributed by atoms with Crippen molar-refractivity contribution >= 4 is 11.3 Å². The number of halogens is 2. The molecular weight excluding hydrogens is 230 g/mol. The SMILES string of the molecule is NNC(c1ccsc1)c1ccc(F)cc1F. The lowest BCUT2D eigenvalue weighted by atomic mass is 10.0. The molecule has 0 saturated carbocycles. The molecule has 0 fully saturated rings. The van der Waals surface area contributed by atoms with Crippen LogP contribution in [-0.4, -0.2) is 0 Å². The van der Waals surface area contributed by atoms with Gasteiger partial charge in [0.2, 0.25) is 0 Å². The minimum Gasteiger partial charge on any atom is -0.271 e. The molecule has 0 aliphatic rings. The first-order valence-corrected chi connectivity index (χ1v) is 5.60. The van der Waals surface area contributed by atoms with E-state index in [0.29, 0.717) is 5.56 Å². The minimum absolute atomic E-state index is 0.335. The molecule has 1 aromatic heterocycles. The zero-order chi connectivity index (χ0) is 11.5. The zero-order valence-electron chi connectivity index (χ0n) is 8.28.